The van der Waals surface area contributed by atoms with Crippen molar-refractivity contribution in [1.82, 2.24) is 5.32 Å². The molecular formula is C21H21FN2O2S. The zero-order valence-electron chi connectivity index (χ0n) is 14.9. The second kappa shape index (κ2) is 7.72. The molecule has 0 bridgehead atoms. The molecule has 1 fully saturated rings. The van der Waals surface area contributed by atoms with Crippen LogP contribution in [-0.2, 0) is 0 Å². The van der Waals surface area contributed by atoms with Gasteiger partial charge in [-0.3, -0.25) is 9.59 Å². The Labute approximate surface area is 162 Å². The zero-order valence-corrected chi connectivity index (χ0v) is 15.7. The minimum atomic E-state index is -0.369. The fourth-order valence-corrected chi connectivity index (χ4v) is 4.63. The molecule has 1 heterocycles. The number of hydrogen-bond acceptors (Lipinski definition) is 3. The normalized spacial score (nSPS) is 16.9. The second-order valence-corrected chi connectivity index (χ2v) is 8.09. The van der Waals surface area contributed by atoms with E-state index in [0.29, 0.717) is 17.7 Å². The molecule has 0 spiro atoms. The van der Waals surface area contributed by atoms with E-state index in [1.807, 2.05) is 12.1 Å². The highest BCUT2D eigenvalue weighted by Gasteiger charge is 2.26. The lowest BCUT2D eigenvalue weighted by atomic mass is 10.1. The molecule has 1 N–H and O–H groups in total. The minimum Gasteiger partial charge on any atom is -0.349 e. The van der Waals surface area contributed by atoms with E-state index in [9.17, 15) is 14.0 Å². The number of benzene rings is 2. The average molecular weight is 384 g/mol. The maximum Gasteiger partial charge on any atom is 0.258 e. The number of nitrogens with one attached hydrogen (secondary N) is 1. The summed E-state index contributed by atoms with van der Waals surface area (Å²) in [6.45, 7) is 0.557. The number of anilines is 1. The highest BCUT2D eigenvalue weighted by molar-refractivity contribution is 7.99. The van der Waals surface area contributed by atoms with E-state index in [2.05, 4.69) is 5.32 Å². The first-order chi connectivity index (χ1) is 13.1. The molecule has 2 aromatic rings. The molecule has 0 unspecified atom stereocenters. The number of carbonyl (C=O) groups excluding carboxylic acids is 2. The lowest BCUT2D eigenvalue weighted by Gasteiger charge is -2.29. The summed E-state index contributed by atoms with van der Waals surface area (Å²) in [5, 5.41) is 3.09. The molecule has 1 aliphatic carbocycles. The Balaban J connectivity index is 1.59. The van der Waals surface area contributed by atoms with Crippen LogP contribution in [0.4, 0.5) is 10.1 Å². The largest absolute Gasteiger partial charge is 0.349 e. The van der Waals surface area contributed by atoms with Gasteiger partial charge in [-0.05, 0) is 55.3 Å². The van der Waals surface area contributed by atoms with Crippen molar-refractivity contribution in [1.29, 1.82) is 0 Å². The Hall–Kier alpha value is -2.34. The Morgan fingerprint density at radius 2 is 1.74 bits per heavy atom. The van der Waals surface area contributed by atoms with Gasteiger partial charge >= 0.3 is 0 Å². The van der Waals surface area contributed by atoms with Crippen LogP contribution in [0.1, 0.15) is 46.4 Å². The van der Waals surface area contributed by atoms with E-state index in [1.165, 1.54) is 24.3 Å². The molecule has 4 nitrogen and oxygen atoms in total. The third-order valence-corrected chi connectivity index (χ3v) is 6.15. The third-order valence-electron chi connectivity index (χ3n) is 5.11. The van der Waals surface area contributed by atoms with Crippen molar-refractivity contribution in [3.63, 3.8) is 0 Å². The Kier molecular flexibility index (Phi) is 5.16. The van der Waals surface area contributed by atoms with Gasteiger partial charge in [0.2, 0.25) is 0 Å². The monoisotopic (exact) mass is 384 g/mol. The maximum atomic E-state index is 13.2. The standard InChI is InChI=1S/C21H21FN2O2S/c22-16-8-5-14(6-9-16)21(26)24-11-12-27-19-10-7-15(13-18(19)24)20(25)23-17-3-1-2-4-17/h5-10,13,17H,1-4,11-12H2,(H,23,25). The number of nitrogens with zero attached hydrogens (tertiary/aromatic N) is 1. The SMILES string of the molecule is O=C(NC1CCCC1)c1ccc2c(c1)N(C(=O)c1ccc(F)cc1)CCS2. The van der Waals surface area contributed by atoms with Crippen molar-refractivity contribution in [3.8, 4) is 0 Å². The summed E-state index contributed by atoms with van der Waals surface area (Å²) in [5.41, 5.74) is 1.76. The van der Waals surface area contributed by atoms with E-state index in [0.717, 1.165) is 42.0 Å². The molecule has 1 aliphatic heterocycles. The second-order valence-electron chi connectivity index (χ2n) is 6.95. The van der Waals surface area contributed by atoms with E-state index in [4.69, 9.17) is 0 Å². The Morgan fingerprint density at radius 3 is 2.48 bits per heavy atom. The molecule has 0 saturated heterocycles. The first kappa shape index (κ1) is 18.0. The molecule has 0 radical (unpaired) electrons. The number of hydrogen-bond donors (Lipinski definition) is 1. The number of halogens is 1. The molecule has 0 atom stereocenters. The first-order valence-electron chi connectivity index (χ1n) is 9.27. The fourth-order valence-electron chi connectivity index (χ4n) is 3.66. The van der Waals surface area contributed by atoms with Gasteiger partial charge in [-0.2, -0.15) is 0 Å². The average Bonchev–Trinajstić information content (AvgIpc) is 3.20. The topological polar surface area (TPSA) is 49.4 Å². The molecule has 1 saturated carbocycles. The maximum absolute atomic E-state index is 13.2. The molecular weight excluding hydrogens is 363 g/mol. The van der Waals surface area contributed by atoms with Crippen molar-refractivity contribution in [2.45, 2.75) is 36.6 Å². The summed E-state index contributed by atoms with van der Waals surface area (Å²) in [5.74, 6) is 0.152. The summed E-state index contributed by atoms with van der Waals surface area (Å²) in [6.07, 6.45) is 4.38. The highest BCUT2D eigenvalue weighted by atomic mass is 32.2. The lowest BCUT2D eigenvalue weighted by Crippen LogP contribution is -2.36. The summed E-state index contributed by atoms with van der Waals surface area (Å²) in [4.78, 5) is 28.2. The van der Waals surface area contributed by atoms with Gasteiger partial charge in [-0.25, -0.2) is 4.39 Å². The number of fused-ring (bicyclic) bond motifs is 1. The van der Waals surface area contributed by atoms with Crippen LogP contribution in [0.5, 0.6) is 0 Å². The van der Waals surface area contributed by atoms with Crippen LogP contribution >= 0.6 is 11.8 Å². The van der Waals surface area contributed by atoms with Gasteiger partial charge in [0.15, 0.2) is 0 Å². The van der Waals surface area contributed by atoms with Gasteiger partial charge in [0.25, 0.3) is 11.8 Å². The van der Waals surface area contributed by atoms with E-state index in [-0.39, 0.29) is 23.7 Å². The van der Waals surface area contributed by atoms with Gasteiger partial charge in [0, 0.05) is 34.4 Å². The molecule has 6 heteroatoms. The lowest BCUT2D eigenvalue weighted by molar-refractivity contribution is 0.0935. The smallest absolute Gasteiger partial charge is 0.258 e. The fraction of sp³-hybridized carbons (Fsp3) is 0.333. The van der Waals surface area contributed by atoms with Gasteiger partial charge in [-0.15, -0.1) is 11.8 Å². The quantitative estimate of drug-likeness (QED) is 0.861. The van der Waals surface area contributed by atoms with Crippen LogP contribution in [0.2, 0.25) is 0 Å². The third kappa shape index (κ3) is 3.86. The number of carbonyl (C=O) groups is 2. The van der Waals surface area contributed by atoms with E-state index < -0.39 is 0 Å². The van der Waals surface area contributed by atoms with Gasteiger partial charge in [0.05, 0.1) is 5.69 Å². The predicted molar refractivity (Wildman–Crippen MR) is 105 cm³/mol. The summed E-state index contributed by atoms with van der Waals surface area (Å²) < 4.78 is 13.2. The zero-order chi connectivity index (χ0) is 18.8. The Morgan fingerprint density at radius 1 is 1.04 bits per heavy atom. The molecule has 2 amide bonds. The van der Waals surface area contributed by atoms with E-state index in [1.54, 1.807) is 22.7 Å². The minimum absolute atomic E-state index is 0.0885. The number of amides is 2. The van der Waals surface area contributed by atoms with Crippen molar-refractivity contribution >= 4 is 29.3 Å². The summed E-state index contributed by atoms with van der Waals surface area (Å²) in [6, 6.07) is 11.4. The molecule has 0 aromatic heterocycles. The van der Waals surface area contributed by atoms with Crippen LogP contribution in [-0.4, -0.2) is 30.2 Å². The van der Waals surface area contributed by atoms with Crippen LogP contribution in [0.3, 0.4) is 0 Å². The number of thioether (sulfide) groups is 1. The van der Waals surface area contributed by atoms with Crippen molar-refractivity contribution in [3.05, 3.63) is 59.4 Å². The van der Waals surface area contributed by atoms with E-state index >= 15 is 0 Å². The first-order valence-corrected chi connectivity index (χ1v) is 10.3. The summed E-state index contributed by atoms with van der Waals surface area (Å²) in [7, 11) is 0. The van der Waals surface area contributed by atoms with Crippen molar-refractivity contribution in [2.75, 3.05) is 17.2 Å². The van der Waals surface area contributed by atoms with Crippen LogP contribution < -0.4 is 10.2 Å². The van der Waals surface area contributed by atoms with Crippen molar-refractivity contribution < 1.29 is 14.0 Å². The van der Waals surface area contributed by atoms with Crippen LogP contribution in [0, 0.1) is 5.82 Å². The molecule has 2 aromatic carbocycles. The van der Waals surface area contributed by atoms with Crippen LogP contribution in [0.25, 0.3) is 0 Å². The molecule has 2 aliphatic rings. The summed E-state index contributed by atoms with van der Waals surface area (Å²) >= 11 is 1.68. The molecule has 27 heavy (non-hydrogen) atoms. The van der Waals surface area contributed by atoms with Gasteiger partial charge < -0.3 is 10.2 Å². The molecule has 140 valence electrons. The highest BCUT2D eigenvalue weighted by Crippen LogP contribution is 2.36. The molecule has 4 rings (SSSR count). The van der Waals surface area contributed by atoms with Gasteiger partial charge in [0.1, 0.15) is 5.82 Å². The van der Waals surface area contributed by atoms with Crippen molar-refractivity contribution in [2.24, 2.45) is 0 Å². The Bertz CT molecular complexity index is 863. The van der Waals surface area contributed by atoms with Gasteiger partial charge in [-0.1, -0.05) is 12.8 Å². The van der Waals surface area contributed by atoms with Crippen LogP contribution in [0.15, 0.2) is 47.4 Å². The number of rotatable bonds is 3. The predicted octanol–water partition coefficient (Wildman–Crippen LogP) is 4.25.